The largest absolute Gasteiger partial charge is 0.432 e. The van der Waals surface area contributed by atoms with Gasteiger partial charge in [-0.2, -0.15) is 18.3 Å². The first-order chi connectivity index (χ1) is 11.8. The van der Waals surface area contributed by atoms with Crippen LogP contribution in [0.2, 0.25) is 5.02 Å². The second-order valence-electron chi connectivity index (χ2n) is 5.88. The fourth-order valence-electron chi connectivity index (χ4n) is 2.56. The van der Waals surface area contributed by atoms with Crippen molar-refractivity contribution in [3.8, 4) is 0 Å². The Balaban J connectivity index is 1.81. The van der Waals surface area contributed by atoms with Crippen LogP contribution in [0.3, 0.4) is 0 Å². The van der Waals surface area contributed by atoms with Gasteiger partial charge < -0.3 is 10.2 Å². The lowest BCUT2D eigenvalue weighted by Gasteiger charge is -2.33. The van der Waals surface area contributed by atoms with Crippen LogP contribution in [0.15, 0.2) is 30.3 Å². The van der Waals surface area contributed by atoms with Gasteiger partial charge in [0.15, 0.2) is 5.69 Å². The van der Waals surface area contributed by atoms with Crippen LogP contribution in [0.25, 0.3) is 0 Å². The molecule has 0 spiro atoms. The van der Waals surface area contributed by atoms with E-state index >= 15 is 0 Å². The van der Waals surface area contributed by atoms with Gasteiger partial charge in [-0.25, -0.2) is 0 Å². The topological polar surface area (TPSA) is 61.0 Å². The Kier molecular flexibility index (Phi) is 5.01. The van der Waals surface area contributed by atoms with Crippen LogP contribution in [0.5, 0.6) is 0 Å². The van der Waals surface area contributed by atoms with E-state index in [1.165, 1.54) is 4.90 Å². The predicted octanol–water partition coefficient (Wildman–Crippen LogP) is 3.09. The Morgan fingerprint density at radius 3 is 2.64 bits per heavy atom. The van der Waals surface area contributed by atoms with Crippen molar-refractivity contribution in [2.75, 3.05) is 13.1 Å². The van der Waals surface area contributed by atoms with Gasteiger partial charge in [0, 0.05) is 30.2 Å². The average Bonchev–Trinajstić information content (AvgIpc) is 3.01. The molecular formula is C16H16ClF3N4O. The number of halogens is 4. The maximum atomic E-state index is 12.7. The molecule has 0 aliphatic carbocycles. The molecule has 134 valence electrons. The van der Waals surface area contributed by atoms with Crippen molar-refractivity contribution >= 4 is 17.5 Å². The molecule has 1 saturated heterocycles. The minimum Gasteiger partial charge on any atom is -0.331 e. The van der Waals surface area contributed by atoms with Crippen molar-refractivity contribution in [3.05, 3.63) is 52.3 Å². The predicted molar refractivity (Wildman–Crippen MR) is 86.2 cm³/mol. The average molecular weight is 373 g/mol. The SMILES string of the molecule is O=C(c1cc(C(F)(F)F)[nH]n1)N(Cc1ccccc1Cl)CC1CCN1. The molecule has 9 heteroatoms. The minimum absolute atomic E-state index is 0.118. The lowest BCUT2D eigenvalue weighted by Crippen LogP contribution is -2.51. The molecule has 1 aromatic heterocycles. The van der Waals surface area contributed by atoms with Gasteiger partial charge in [-0.05, 0) is 24.6 Å². The van der Waals surface area contributed by atoms with Crippen LogP contribution < -0.4 is 5.32 Å². The van der Waals surface area contributed by atoms with E-state index in [-0.39, 0.29) is 18.3 Å². The number of nitrogens with one attached hydrogen (secondary N) is 2. The normalized spacial score (nSPS) is 17.2. The molecule has 25 heavy (non-hydrogen) atoms. The van der Waals surface area contributed by atoms with E-state index in [1.54, 1.807) is 24.3 Å². The molecule has 2 N–H and O–H groups in total. The van der Waals surface area contributed by atoms with E-state index in [0.29, 0.717) is 11.6 Å². The van der Waals surface area contributed by atoms with E-state index in [4.69, 9.17) is 11.6 Å². The number of H-pyrrole nitrogens is 1. The van der Waals surface area contributed by atoms with E-state index in [9.17, 15) is 18.0 Å². The zero-order chi connectivity index (χ0) is 18.0. The van der Waals surface area contributed by atoms with E-state index in [0.717, 1.165) is 24.6 Å². The van der Waals surface area contributed by atoms with E-state index in [1.807, 2.05) is 5.10 Å². The lowest BCUT2D eigenvalue weighted by atomic mass is 10.1. The Hall–Kier alpha value is -2.06. The first-order valence-corrected chi connectivity index (χ1v) is 8.11. The van der Waals surface area contributed by atoms with Crippen molar-refractivity contribution in [3.63, 3.8) is 0 Å². The van der Waals surface area contributed by atoms with Crippen molar-refractivity contribution in [1.82, 2.24) is 20.4 Å². The highest BCUT2D eigenvalue weighted by atomic mass is 35.5. The molecule has 5 nitrogen and oxygen atoms in total. The van der Waals surface area contributed by atoms with Gasteiger partial charge >= 0.3 is 6.18 Å². The van der Waals surface area contributed by atoms with Gasteiger partial charge in [-0.15, -0.1) is 0 Å². The fraction of sp³-hybridized carbons (Fsp3) is 0.375. The summed E-state index contributed by atoms with van der Waals surface area (Å²) in [5.41, 5.74) is -0.586. The summed E-state index contributed by atoms with van der Waals surface area (Å²) in [5, 5.41) is 9.08. The van der Waals surface area contributed by atoms with Crippen LogP contribution in [-0.4, -0.2) is 40.1 Å². The standard InChI is InChI=1S/C16H16ClF3N4O/c17-12-4-2-1-3-10(12)8-24(9-11-5-6-21-11)15(25)13-7-14(23-22-13)16(18,19)20/h1-4,7,11,21H,5-6,8-9H2,(H,22,23). The summed E-state index contributed by atoms with van der Waals surface area (Å²) in [6, 6.07) is 7.90. The summed E-state index contributed by atoms with van der Waals surface area (Å²) >= 11 is 6.14. The number of aromatic amines is 1. The molecule has 3 rings (SSSR count). The van der Waals surface area contributed by atoms with Crippen molar-refractivity contribution in [2.45, 2.75) is 25.2 Å². The van der Waals surface area contributed by atoms with Crippen molar-refractivity contribution in [1.29, 1.82) is 0 Å². The Morgan fingerprint density at radius 2 is 2.08 bits per heavy atom. The Bertz CT molecular complexity index is 758. The second kappa shape index (κ2) is 7.05. The zero-order valence-corrected chi connectivity index (χ0v) is 13.9. The molecule has 1 atom stereocenters. The number of hydrogen-bond acceptors (Lipinski definition) is 3. The third-order valence-corrected chi connectivity index (χ3v) is 4.44. The first-order valence-electron chi connectivity index (χ1n) is 7.73. The number of hydrogen-bond donors (Lipinski definition) is 2. The quantitative estimate of drug-likeness (QED) is 0.848. The van der Waals surface area contributed by atoms with E-state index in [2.05, 4.69) is 10.4 Å². The minimum atomic E-state index is -4.57. The van der Waals surface area contributed by atoms with Gasteiger partial charge in [-0.1, -0.05) is 29.8 Å². The molecule has 1 fully saturated rings. The highest BCUT2D eigenvalue weighted by Crippen LogP contribution is 2.28. The molecule has 1 aliphatic heterocycles. The second-order valence-corrected chi connectivity index (χ2v) is 6.29. The summed E-state index contributed by atoms with van der Waals surface area (Å²) in [6.45, 7) is 1.43. The monoisotopic (exact) mass is 372 g/mol. The molecule has 1 amide bonds. The number of carbonyl (C=O) groups is 1. The van der Waals surface area contributed by atoms with Crippen molar-refractivity contribution < 1.29 is 18.0 Å². The maximum Gasteiger partial charge on any atom is 0.432 e. The van der Waals surface area contributed by atoms with Crippen LogP contribution in [-0.2, 0) is 12.7 Å². The van der Waals surface area contributed by atoms with Crippen LogP contribution in [0, 0.1) is 0 Å². The number of aromatic nitrogens is 2. The fourth-order valence-corrected chi connectivity index (χ4v) is 2.76. The van der Waals surface area contributed by atoms with Gasteiger partial charge in [0.25, 0.3) is 5.91 Å². The number of nitrogens with zero attached hydrogens (tertiary/aromatic N) is 2. The number of alkyl halides is 3. The molecule has 0 bridgehead atoms. The number of carbonyl (C=O) groups excluding carboxylic acids is 1. The van der Waals surface area contributed by atoms with Gasteiger partial charge in [-0.3, -0.25) is 9.89 Å². The highest BCUT2D eigenvalue weighted by molar-refractivity contribution is 6.31. The van der Waals surface area contributed by atoms with E-state index < -0.39 is 17.8 Å². The Labute approximate surface area is 147 Å². The molecule has 1 aromatic carbocycles. The van der Waals surface area contributed by atoms with Gasteiger partial charge in [0.1, 0.15) is 5.69 Å². The van der Waals surface area contributed by atoms with Crippen LogP contribution >= 0.6 is 11.6 Å². The van der Waals surface area contributed by atoms with Gasteiger partial charge in [0.2, 0.25) is 0 Å². The third kappa shape index (κ3) is 4.13. The molecule has 1 unspecified atom stereocenters. The number of amides is 1. The maximum absolute atomic E-state index is 12.7. The summed E-state index contributed by atoms with van der Waals surface area (Å²) in [4.78, 5) is 14.1. The zero-order valence-electron chi connectivity index (χ0n) is 13.1. The molecular weight excluding hydrogens is 357 g/mol. The first kappa shape index (κ1) is 17.8. The number of rotatable bonds is 5. The highest BCUT2D eigenvalue weighted by Gasteiger charge is 2.35. The summed E-state index contributed by atoms with van der Waals surface area (Å²) < 4.78 is 38.1. The molecule has 0 radical (unpaired) electrons. The lowest BCUT2D eigenvalue weighted by molar-refractivity contribution is -0.141. The number of benzene rings is 1. The van der Waals surface area contributed by atoms with Crippen LogP contribution in [0.1, 0.15) is 28.2 Å². The molecule has 0 saturated carbocycles. The summed E-state index contributed by atoms with van der Waals surface area (Å²) in [7, 11) is 0. The van der Waals surface area contributed by atoms with Crippen LogP contribution in [0.4, 0.5) is 13.2 Å². The molecule has 1 aliphatic rings. The summed E-state index contributed by atoms with van der Waals surface area (Å²) in [5.74, 6) is -0.569. The Morgan fingerprint density at radius 1 is 1.36 bits per heavy atom. The molecule has 2 aromatic rings. The molecule has 2 heterocycles. The smallest absolute Gasteiger partial charge is 0.331 e. The third-order valence-electron chi connectivity index (χ3n) is 4.08. The summed E-state index contributed by atoms with van der Waals surface area (Å²) in [6.07, 6.45) is -3.67. The van der Waals surface area contributed by atoms with Crippen molar-refractivity contribution in [2.24, 2.45) is 0 Å². The van der Waals surface area contributed by atoms with Gasteiger partial charge in [0.05, 0.1) is 0 Å².